The molecule has 0 aromatic heterocycles. The molecule has 0 unspecified atom stereocenters. The number of amides is 1. The molecule has 0 aliphatic rings. The van der Waals surface area contributed by atoms with Gasteiger partial charge in [-0.1, -0.05) is 204 Å². The molecule has 49 heavy (non-hydrogen) atoms. The maximum atomic E-state index is 12.4. The number of hydrogen-bond acceptors (Lipinski definition) is 3. The molecule has 286 valence electrons. The summed E-state index contributed by atoms with van der Waals surface area (Å²) in [7, 11) is 0. The topological polar surface area (TPSA) is 69.6 Å². The summed E-state index contributed by atoms with van der Waals surface area (Å²) in [5, 5.41) is 23.1. The first-order chi connectivity index (χ1) is 24.2. The zero-order valence-electron chi connectivity index (χ0n) is 32.7. The summed E-state index contributed by atoms with van der Waals surface area (Å²) < 4.78 is 0. The quantitative estimate of drug-likeness (QED) is 0.0447. The van der Waals surface area contributed by atoms with E-state index in [4.69, 9.17) is 0 Å². The van der Waals surface area contributed by atoms with Crippen molar-refractivity contribution in [3.8, 4) is 0 Å². The molecule has 0 rings (SSSR count). The molecule has 0 saturated heterocycles. The molecular weight excluding hydrogens is 602 g/mol. The van der Waals surface area contributed by atoms with Crippen molar-refractivity contribution in [1.82, 2.24) is 5.32 Å². The first kappa shape index (κ1) is 47.4. The molecule has 1 amide bonds. The highest BCUT2D eigenvalue weighted by Crippen LogP contribution is 2.15. The largest absolute Gasteiger partial charge is 0.394 e. The van der Waals surface area contributed by atoms with Gasteiger partial charge in [0.05, 0.1) is 18.8 Å². The highest BCUT2D eigenvalue weighted by molar-refractivity contribution is 5.76. The summed E-state index contributed by atoms with van der Waals surface area (Å²) in [5.74, 6) is -0.0854. The Morgan fingerprint density at radius 2 is 0.837 bits per heavy atom. The lowest BCUT2D eigenvalue weighted by Crippen LogP contribution is -2.45. The molecule has 0 aromatic carbocycles. The Kier molecular flexibility index (Phi) is 39.4. The van der Waals surface area contributed by atoms with Crippen molar-refractivity contribution < 1.29 is 15.0 Å². The van der Waals surface area contributed by atoms with Gasteiger partial charge in [0.1, 0.15) is 0 Å². The second kappa shape index (κ2) is 40.8. The van der Waals surface area contributed by atoms with Gasteiger partial charge in [-0.2, -0.15) is 0 Å². The number of hydrogen-bond donors (Lipinski definition) is 3. The fraction of sp³-hybridized carbons (Fsp3) is 0.800. The third kappa shape index (κ3) is 37.4. The van der Waals surface area contributed by atoms with E-state index in [1.807, 2.05) is 0 Å². The predicted octanol–water partition coefficient (Wildman–Crippen LogP) is 13.2. The molecular formula is C45H83NO3. The number of unbranched alkanes of at least 4 members (excludes halogenated alkanes) is 23. The van der Waals surface area contributed by atoms with E-state index >= 15 is 0 Å². The van der Waals surface area contributed by atoms with E-state index in [1.54, 1.807) is 0 Å². The molecule has 0 aromatic rings. The Morgan fingerprint density at radius 1 is 0.490 bits per heavy atom. The first-order valence-electron chi connectivity index (χ1n) is 21.3. The normalized spacial score (nSPS) is 13.5. The molecule has 0 heterocycles. The Hall–Kier alpha value is -1.65. The van der Waals surface area contributed by atoms with Crippen molar-refractivity contribution in [3.05, 3.63) is 48.6 Å². The number of aliphatic hydroxyl groups is 2. The van der Waals surface area contributed by atoms with E-state index in [0.29, 0.717) is 12.8 Å². The van der Waals surface area contributed by atoms with Gasteiger partial charge in [-0.15, -0.1) is 0 Å². The zero-order chi connectivity index (χ0) is 35.7. The summed E-state index contributed by atoms with van der Waals surface area (Å²) in [6.45, 7) is 4.33. The molecule has 4 nitrogen and oxygen atoms in total. The minimum Gasteiger partial charge on any atom is -0.394 e. The monoisotopic (exact) mass is 686 g/mol. The SMILES string of the molecule is CCCCCCCCC/C=C/C/C=C/C/C=C/C/C=C/CCCC(=O)N[C@@H](CO)[C@H](O)CCCCCCCCCCCCCCCCCC. The lowest BCUT2D eigenvalue weighted by atomic mass is 10.0. The number of rotatable bonds is 38. The number of aliphatic hydroxyl groups excluding tert-OH is 2. The minimum absolute atomic E-state index is 0.0854. The molecule has 0 aliphatic heterocycles. The van der Waals surface area contributed by atoms with Crippen LogP contribution < -0.4 is 5.32 Å². The number of allylic oxidation sites excluding steroid dienone is 8. The Labute approximate surface area is 305 Å². The standard InChI is InChI=1S/C45H83NO3/c1-3-5-7-9-11-13-15-17-19-21-22-23-24-25-27-29-31-33-35-37-39-41-45(49)46-43(42-47)44(48)40-38-36-34-32-30-28-26-20-18-16-14-12-10-8-6-4-2/h19,21,23-24,27,29,33,35,43-44,47-48H,3-18,20,22,25-26,28,30-32,34,36-42H2,1-2H3,(H,46,49)/b21-19+,24-23+,29-27+,35-33+/t43-,44+/m0/s1. The van der Waals surface area contributed by atoms with Crippen LogP contribution in [0.2, 0.25) is 0 Å². The molecule has 0 saturated carbocycles. The summed E-state index contributed by atoms with van der Waals surface area (Å²) in [5.41, 5.74) is 0. The van der Waals surface area contributed by atoms with Crippen molar-refractivity contribution in [2.24, 2.45) is 0 Å². The van der Waals surface area contributed by atoms with E-state index in [-0.39, 0.29) is 12.5 Å². The Balaban J connectivity index is 3.66. The first-order valence-corrected chi connectivity index (χ1v) is 21.3. The highest BCUT2D eigenvalue weighted by atomic mass is 16.3. The summed E-state index contributed by atoms with van der Waals surface area (Å²) in [6.07, 6.45) is 54.7. The highest BCUT2D eigenvalue weighted by Gasteiger charge is 2.19. The molecule has 0 radical (unpaired) electrons. The zero-order valence-corrected chi connectivity index (χ0v) is 32.7. The second-order valence-corrected chi connectivity index (χ2v) is 14.4. The molecule has 3 N–H and O–H groups in total. The van der Waals surface area contributed by atoms with Crippen molar-refractivity contribution in [2.45, 2.75) is 225 Å². The summed E-state index contributed by atoms with van der Waals surface area (Å²) in [4.78, 5) is 12.4. The number of nitrogens with one attached hydrogen (secondary N) is 1. The third-order valence-corrected chi connectivity index (χ3v) is 9.59. The van der Waals surface area contributed by atoms with Gasteiger partial charge in [-0.05, 0) is 51.4 Å². The molecule has 4 heteroatoms. The number of carbonyl (C=O) groups excluding carboxylic acids is 1. The van der Waals surface area contributed by atoms with E-state index in [0.717, 1.165) is 44.9 Å². The predicted molar refractivity (Wildman–Crippen MR) is 216 cm³/mol. The van der Waals surface area contributed by atoms with Gasteiger partial charge in [0.2, 0.25) is 5.91 Å². The van der Waals surface area contributed by atoms with Gasteiger partial charge in [-0.25, -0.2) is 0 Å². The Bertz CT molecular complexity index is 786. The average molecular weight is 686 g/mol. The van der Waals surface area contributed by atoms with E-state index < -0.39 is 12.1 Å². The lowest BCUT2D eigenvalue weighted by molar-refractivity contribution is -0.123. The van der Waals surface area contributed by atoms with Crippen molar-refractivity contribution in [1.29, 1.82) is 0 Å². The van der Waals surface area contributed by atoms with Gasteiger partial charge < -0.3 is 15.5 Å². The summed E-state index contributed by atoms with van der Waals surface area (Å²) >= 11 is 0. The molecule has 0 fully saturated rings. The van der Waals surface area contributed by atoms with Crippen LogP contribution in [0.5, 0.6) is 0 Å². The second-order valence-electron chi connectivity index (χ2n) is 14.4. The van der Waals surface area contributed by atoms with Gasteiger partial charge in [-0.3, -0.25) is 4.79 Å². The van der Waals surface area contributed by atoms with Crippen molar-refractivity contribution in [2.75, 3.05) is 6.61 Å². The van der Waals surface area contributed by atoms with E-state index in [9.17, 15) is 15.0 Å². The van der Waals surface area contributed by atoms with Crippen LogP contribution in [0.25, 0.3) is 0 Å². The number of carbonyl (C=O) groups is 1. The Morgan fingerprint density at radius 3 is 1.24 bits per heavy atom. The third-order valence-electron chi connectivity index (χ3n) is 9.59. The lowest BCUT2D eigenvalue weighted by Gasteiger charge is -2.22. The van der Waals surface area contributed by atoms with Crippen LogP contribution in [-0.4, -0.2) is 34.9 Å². The van der Waals surface area contributed by atoms with E-state index in [1.165, 1.54) is 141 Å². The average Bonchev–Trinajstić information content (AvgIpc) is 3.10. The molecule has 0 spiro atoms. The van der Waals surface area contributed by atoms with Gasteiger partial charge in [0.15, 0.2) is 0 Å². The minimum atomic E-state index is -0.682. The fourth-order valence-corrected chi connectivity index (χ4v) is 6.29. The molecule has 0 aliphatic carbocycles. The molecule has 0 bridgehead atoms. The van der Waals surface area contributed by atoms with Crippen LogP contribution in [0.4, 0.5) is 0 Å². The van der Waals surface area contributed by atoms with Gasteiger partial charge in [0.25, 0.3) is 0 Å². The van der Waals surface area contributed by atoms with Crippen LogP contribution in [0, 0.1) is 0 Å². The van der Waals surface area contributed by atoms with Crippen LogP contribution in [0.3, 0.4) is 0 Å². The smallest absolute Gasteiger partial charge is 0.220 e. The van der Waals surface area contributed by atoms with Crippen LogP contribution in [0.15, 0.2) is 48.6 Å². The fourth-order valence-electron chi connectivity index (χ4n) is 6.29. The van der Waals surface area contributed by atoms with Crippen molar-refractivity contribution >= 4 is 5.91 Å². The maximum absolute atomic E-state index is 12.4. The summed E-state index contributed by atoms with van der Waals surface area (Å²) in [6, 6.07) is -0.565. The van der Waals surface area contributed by atoms with E-state index in [2.05, 4.69) is 67.8 Å². The maximum Gasteiger partial charge on any atom is 0.220 e. The van der Waals surface area contributed by atoms with Crippen molar-refractivity contribution in [3.63, 3.8) is 0 Å². The van der Waals surface area contributed by atoms with Crippen LogP contribution >= 0.6 is 0 Å². The van der Waals surface area contributed by atoms with Crippen LogP contribution in [-0.2, 0) is 4.79 Å². The van der Waals surface area contributed by atoms with Gasteiger partial charge >= 0.3 is 0 Å². The molecule has 2 atom stereocenters. The van der Waals surface area contributed by atoms with Crippen LogP contribution in [0.1, 0.15) is 213 Å². The van der Waals surface area contributed by atoms with Gasteiger partial charge in [0, 0.05) is 6.42 Å².